The fourth-order valence-corrected chi connectivity index (χ4v) is 11.2. The van der Waals surface area contributed by atoms with Crippen LogP contribution in [0.25, 0.3) is 135 Å². The van der Waals surface area contributed by atoms with Crippen LogP contribution >= 0.6 is 11.3 Å². The van der Waals surface area contributed by atoms with Gasteiger partial charge in [-0.05, 0) is 63.0 Å². The van der Waals surface area contributed by atoms with Gasteiger partial charge in [0.1, 0.15) is 11.2 Å². The number of furan rings is 1. The predicted molar refractivity (Wildman–Crippen MR) is 249 cm³/mol. The van der Waals surface area contributed by atoms with E-state index in [1.54, 1.807) is 0 Å². The summed E-state index contributed by atoms with van der Waals surface area (Å²) >= 11 is 1.87. The van der Waals surface area contributed by atoms with Gasteiger partial charge in [-0.15, -0.1) is 11.3 Å². The van der Waals surface area contributed by atoms with Crippen molar-refractivity contribution >= 4 is 118 Å². The predicted octanol–water partition coefficient (Wildman–Crippen LogP) is 15.2. The van der Waals surface area contributed by atoms with E-state index >= 15 is 0 Å². The molecule has 0 unspecified atom stereocenters. The smallest absolute Gasteiger partial charge is 0.235 e. The van der Waals surface area contributed by atoms with Crippen molar-refractivity contribution in [3.63, 3.8) is 0 Å². The van der Waals surface area contributed by atoms with Crippen molar-refractivity contribution in [3.8, 4) is 28.3 Å². The average molecular weight is 768 g/mol. The van der Waals surface area contributed by atoms with Crippen molar-refractivity contribution in [3.05, 3.63) is 176 Å². The van der Waals surface area contributed by atoms with Gasteiger partial charge in [-0.25, -0.2) is 9.97 Å². The Kier molecular flexibility index (Phi) is 6.14. The maximum atomic E-state index is 6.67. The van der Waals surface area contributed by atoms with Crippen LogP contribution in [0.3, 0.4) is 0 Å². The standard InChI is InChI=1S/C54H29N3OS/c1-2-13-30(14-3-1)31-15-12-16-33(27-31)50-49-37-20-6-4-17-34(37)35-18-5-7-21-38(35)51(49)56-54(55-50)57-42-29-41-36-19-9-11-24-45(36)59-53(41)40-26-25-32-28-44-48(52(57)46(32)47(40)42)39-22-8-10-23-43(39)58-44/h1-29H. The lowest BCUT2D eigenvalue weighted by Crippen LogP contribution is -2.04. The van der Waals surface area contributed by atoms with Crippen LogP contribution in [-0.2, 0) is 0 Å². The molecule has 0 amide bonds. The zero-order valence-corrected chi connectivity index (χ0v) is 32.2. The third-order valence-corrected chi connectivity index (χ3v) is 13.7. The first kappa shape index (κ1) is 31.5. The molecule has 59 heavy (non-hydrogen) atoms. The third kappa shape index (κ3) is 4.21. The van der Waals surface area contributed by atoms with Crippen LogP contribution in [0.5, 0.6) is 0 Å². The molecule has 5 heteroatoms. The zero-order chi connectivity index (χ0) is 38.3. The Morgan fingerprint density at radius 1 is 0.424 bits per heavy atom. The lowest BCUT2D eigenvalue weighted by atomic mass is 9.93. The first-order valence-electron chi connectivity index (χ1n) is 20.0. The highest BCUT2D eigenvalue weighted by atomic mass is 32.1. The summed E-state index contributed by atoms with van der Waals surface area (Å²) < 4.78 is 11.6. The Morgan fingerprint density at radius 3 is 1.98 bits per heavy atom. The van der Waals surface area contributed by atoms with E-state index in [1.165, 1.54) is 47.1 Å². The Labute approximate surface area is 340 Å². The molecule has 0 aliphatic rings. The van der Waals surface area contributed by atoms with Crippen LogP contribution in [0.1, 0.15) is 0 Å². The second-order valence-corrected chi connectivity index (χ2v) is 16.7. The summed E-state index contributed by atoms with van der Waals surface area (Å²) in [5.74, 6) is 0.633. The number of hydrogen-bond acceptors (Lipinski definition) is 4. The lowest BCUT2D eigenvalue weighted by molar-refractivity contribution is 0.669. The number of para-hydroxylation sites is 1. The molecule has 4 nitrogen and oxygen atoms in total. The molecule has 4 heterocycles. The first-order valence-corrected chi connectivity index (χ1v) is 20.8. The summed E-state index contributed by atoms with van der Waals surface area (Å²) in [5.41, 5.74) is 9.05. The summed E-state index contributed by atoms with van der Waals surface area (Å²) in [6.45, 7) is 0. The summed E-state index contributed by atoms with van der Waals surface area (Å²) in [6, 6.07) is 63.2. The quantitative estimate of drug-likeness (QED) is 0.168. The SMILES string of the molecule is c1ccc(-c2cccc(-c3nc(-n4c5cc6c7ccccc7sc6c6ccc7cc8oc9ccccc9c8c4c7c65)nc4c5ccccc5c5ccccc5c34)c2)cc1. The van der Waals surface area contributed by atoms with Crippen molar-refractivity contribution < 1.29 is 4.42 Å². The summed E-state index contributed by atoms with van der Waals surface area (Å²) in [4.78, 5) is 11.5. The van der Waals surface area contributed by atoms with E-state index in [4.69, 9.17) is 14.4 Å². The van der Waals surface area contributed by atoms with Gasteiger partial charge < -0.3 is 4.42 Å². The van der Waals surface area contributed by atoms with Gasteiger partial charge >= 0.3 is 0 Å². The molecule has 14 rings (SSSR count). The van der Waals surface area contributed by atoms with Crippen LogP contribution in [-0.4, -0.2) is 14.5 Å². The van der Waals surface area contributed by atoms with Gasteiger partial charge in [-0.1, -0.05) is 146 Å². The molecule has 0 bridgehead atoms. The number of fused-ring (bicyclic) bond motifs is 14. The molecule has 4 aromatic heterocycles. The molecule has 0 aliphatic carbocycles. The van der Waals surface area contributed by atoms with E-state index < -0.39 is 0 Å². The van der Waals surface area contributed by atoms with Crippen LogP contribution in [0.4, 0.5) is 0 Å². The molecule has 0 spiro atoms. The van der Waals surface area contributed by atoms with Gasteiger partial charge in [0.05, 0.1) is 27.6 Å². The van der Waals surface area contributed by atoms with Crippen molar-refractivity contribution in [2.24, 2.45) is 0 Å². The van der Waals surface area contributed by atoms with Gasteiger partial charge in [-0.3, -0.25) is 4.57 Å². The number of aromatic nitrogens is 3. The number of nitrogens with zero attached hydrogens (tertiary/aromatic N) is 3. The second-order valence-electron chi connectivity index (χ2n) is 15.6. The van der Waals surface area contributed by atoms with Gasteiger partial charge in [0, 0.05) is 58.1 Å². The summed E-state index contributed by atoms with van der Waals surface area (Å²) in [7, 11) is 0. The molecule has 272 valence electrons. The Hall–Kier alpha value is -7.60. The molecular weight excluding hydrogens is 739 g/mol. The van der Waals surface area contributed by atoms with E-state index in [1.807, 2.05) is 17.4 Å². The van der Waals surface area contributed by atoms with Gasteiger partial charge in [0.15, 0.2) is 0 Å². The average Bonchev–Trinajstić information content (AvgIpc) is 3.98. The Morgan fingerprint density at radius 2 is 1.12 bits per heavy atom. The van der Waals surface area contributed by atoms with Crippen molar-refractivity contribution in [1.29, 1.82) is 0 Å². The fraction of sp³-hybridized carbons (Fsp3) is 0. The van der Waals surface area contributed by atoms with Gasteiger partial charge in [0.25, 0.3) is 0 Å². The first-order chi connectivity index (χ1) is 29.3. The zero-order valence-electron chi connectivity index (χ0n) is 31.4. The Balaban J connectivity index is 1.22. The van der Waals surface area contributed by atoms with Crippen molar-refractivity contribution in [1.82, 2.24) is 14.5 Å². The minimum absolute atomic E-state index is 0.633. The second kappa shape index (κ2) is 11.5. The molecule has 0 atom stereocenters. The van der Waals surface area contributed by atoms with Gasteiger partial charge in [-0.2, -0.15) is 0 Å². The molecule has 0 aliphatic heterocycles. The molecular formula is C54H29N3OS. The molecule has 0 saturated heterocycles. The van der Waals surface area contributed by atoms with Crippen LogP contribution in [0.15, 0.2) is 180 Å². The third-order valence-electron chi connectivity index (χ3n) is 12.5. The number of benzene rings is 10. The van der Waals surface area contributed by atoms with E-state index in [-0.39, 0.29) is 0 Å². The van der Waals surface area contributed by atoms with E-state index in [0.29, 0.717) is 5.95 Å². The number of thiophene rings is 1. The highest BCUT2D eigenvalue weighted by molar-refractivity contribution is 7.26. The highest BCUT2D eigenvalue weighted by Gasteiger charge is 2.27. The topological polar surface area (TPSA) is 43.9 Å². The highest BCUT2D eigenvalue weighted by Crippen LogP contribution is 2.50. The largest absolute Gasteiger partial charge is 0.456 e. The van der Waals surface area contributed by atoms with Crippen LogP contribution < -0.4 is 0 Å². The summed E-state index contributed by atoms with van der Waals surface area (Å²) in [5, 5.41) is 15.1. The van der Waals surface area contributed by atoms with Crippen LogP contribution in [0.2, 0.25) is 0 Å². The van der Waals surface area contributed by atoms with Crippen LogP contribution in [0, 0.1) is 0 Å². The summed E-state index contributed by atoms with van der Waals surface area (Å²) in [6.07, 6.45) is 0. The maximum absolute atomic E-state index is 6.67. The fourth-order valence-electron chi connectivity index (χ4n) is 10.0. The molecule has 0 radical (unpaired) electrons. The Bertz CT molecular complexity index is 4080. The molecule has 0 N–H and O–H groups in total. The van der Waals surface area contributed by atoms with E-state index in [2.05, 4.69) is 174 Å². The molecule has 0 saturated carbocycles. The monoisotopic (exact) mass is 767 g/mol. The lowest BCUT2D eigenvalue weighted by Gasteiger charge is -2.16. The van der Waals surface area contributed by atoms with E-state index in [0.717, 1.165) is 82.4 Å². The van der Waals surface area contributed by atoms with Crippen molar-refractivity contribution in [2.45, 2.75) is 0 Å². The van der Waals surface area contributed by atoms with E-state index in [9.17, 15) is 0 Å². The molecule has 14 aromatic rings. The van der Waals surface area contributed by atoms with Gasteiger partial charge in [0.2, 0.25) is 5.95 Å². The molecule has 10 aromatic carbocycles. The molecule has 0 fully saturated rings. The minimum Gasteiger partial charge on any atom is -0.456 e. The minimum atomic E-state index is 0.633. The van der Waals surface area contributed by atoms with Crippen molar-refractivity contribution in [2.75, 3.05) is 0 Å². The normalized spacial score (nSPS) is 12.4. The number of hydrogen-bond donors (Lipinski definition) is 0. The maximum Gasteiger partial charge on any atom is 0.235 e. The number of rotatable bonds is 3.